The SMILES string of the molecule is CCCC1(C(O)CC=C[C@H]2[C@H](O)CC(=O)[C@@H]2CC=CCCCC(=O)O)CCC1. The standard InChI is InChI=1S/C23H36O5/c1-2-13-23(14-8-15-23)21(26)11-7-10-18-17(19(24)16-20(18)25)9-5-3-4-6-12-22(27)28/h3,5,7,10,17-18,20-21,25-26H,2,4,6,8-9,11-16H2,1H3,(H,27,28)/t17-,18-,20-,21?/m1/s1. The molecule has 2 fully saturated rings. The molecule has 0 heterocycles. The van der Waals surface area contributed by atoms with Crippen molar-refractivity contribution in [2.45, 2.75) is 89.8 Å². The molecule has 0 radical (unpaired) electrons. The Morgan fingerprint density at radius 2 is 2.04 bits per heavy atom. The summed E-state index contributed by atoms with van der Waals surface area (Å²) in [6.07, 6.45) is 15.0. The van der Waals surface area contributed by atoms with Gasteiger partial charge in [0, 0.05) is 24.7 Å². The molecule has 0 spiro atoms. The quantitative estimate of drug-likeness (QED) is 0.344. The lowest BCUT2D eigenvalue weighted by Crippen LogP contribution is -2.41. The molecule has 2 aliphatic rings. The molecular weight excluding hydrogens is 356 g/mol. The Hall–Kier alpha value is -1.46. The number of allylic oxidation sites excluding steroid dienone is 2. The normalized spacial score (nSPS) is 28.1. The molecule has 5 nitrogen and oxygen atoms in total. The number of carboxylic acids is 1. The van der Waals surface area contributed by atoms with Gasteiger partial charge in [0.1, 0.15) is 5.78 Å². The predicted octanol–water partition coefficient (Wildman–Crippen LogP) is 4.03. The van der Waals surface area contributed by atoms with Gasteiger partial charge >= 0.3 is 5.97 Å². The molecule has 2 saturated carbocycles. The van der Waals surface area contributed by atoms with E-state index in [9.17, 15) is 19.8 Å². The first-order chi connectivity index (χ1) is 13.4. The second kappa shape index (κ2) is 10.9. The molecule has 0 aromatic carbocycles. The van der Waals surface area contributed by atoms with E-state index in [0.29, 0.717) is 25.7 Å². The maximum Gasteiger partial charge on any atom is 0.303 e. The van der Waals surface area contributed by atoms with Crippen LogP contribution in [0.25, 0.3) is 0 Å². The average Bonchev–Trinajstić information content (AvgIpc) is 2.87. The number of rotatable bonds is 12. The minimum Gasteiger partial charge on any atom is -0.481 e. The minimum atomic E-state index is -0.794. The highest BCUT2D eigenvalue weighted by atomic mass is 16.4. The van der Waals surface area contributed by atoms with E-state index in [1.54, 1.807) is 0 Å². The van der Waals surface area contributed by atoms with Gasteiger partial charge in [0.25, 0.3) is 0 Å². The number of ketones is 1. The number of aliphatic carboxylic acids is 1. The number of carbonyl (C=O) groups is 2. The number of hydrogen-bond donors (Lipinski definition) is 3. The van der Waals surface area contributed by atoms with Crippen LogP contribution in [0.1, 0.15) is 77.6 Å². The molecule has 28 heavy (non-hydrogen) atoms. The van der Waals surface area contributed by atoms with Crippen LogP contribution in [0.4, 0.5) is 0 Å². The molecule has 0 saturated heterocycles. The van der Waals surface area contributed by atoms with E-state index in [1.165, 1.54) is 6.42 Å². The molecule has 0 amide bonds. The summed E-state index contributed by atoms with van der Waals surface area (Å²) in [7, 11) is 0. The molecular formula is C23H36O5. The van der Waals surface area contributed by atoms with Crippen molar-refractivity contribution in [3.8, 4) is 0 Å². The Bertz CT molecular complexity index is 576. The summed E-state index contributed by atoms with van der Waals surface area (Å²) in [5.41, 5.74) is 0.0707. The Labute approximate surface area is 168 Å². The zero-order valence-electron chi connectivity index (χ0n) is 17.1. The predicted molar refractivity (Wildman–Crippen MR) is 109 cm³/mol. The summed E-state index contributed by atoms with van der Waals surface area (Å²) < 4.78 is 0. The summed E-state index contributed by atoms with van der Waals surface area (Å²) in [4.78, 5) is 22.8. The van der Waals surface area contributed by atoms with E-state index in [2.05, 4.69) is 6.92 Å². The van der Waals surface area contributed by atoms with Crippen LogP contribution in [0.3, 0.4) is 0 Å². The maximum absolute atomic E-state index is 12.2. The Morgan fingerprint density at radius 3 is 2.64 bits per heavy atom. The number of carbonyl (C=O) groups excluding carboxylic acids is 1. The van der Waals surface area contributed by atoms with Gasteiger partial charge in [0.05, 0.1) is 12.2 Å². The topological polar surface area (TPSA) is 94.8 Å². The second-order valence-corrected chi connectivity index (χ2v) is 8.56. The summed E-state index contributed by atoms with van der Waals surface area (Å²) in [6, 6.07) is 0. The zero-order valence-corrected chi connectivity index (χ0v) is 17.1. The number of hydrogen-bond acceptors (Lipinski definition) is 4. The van der Waals surface area contributed by atoms with Crippen molar-refractivity contribution in [1.29, 1.82) is 0 Å². The molecule has 2 rings (SSSR count). The molecule has 3 N–H and O–H groups in total. The van der Waals surface area contributed by atoms with E-state index in [1.807, 2.05) is 24.3 Å². The van der Waals surface area contributed by atoms with E-state index < -0.39 is 12.1 Å². The van der Waals surface area contributed by atoms with Crippen LogP contribution in [0, 0.1) is 17.3 Å². The van der Waals surface area contributed by atoms with Crippen molar-refractivity contribution >= 4 is 11.8 Å². The number of aliphatic hydroxyl groups is 2. The summed E-state index contributed by atoms with van der Waals surface area (Å²) in [5.74, 6) is -1.14. The largest absolute Gasteiger partial charge is 0.481 e. The van der Waals surface area contributed by atoms with Crippen molar-refractivity contribution in [2.24, 2.45) is 17.3 Å². The number of aliphatic hydroxyl groups excluding tert-OH is 2. The van der Waals surface area contributed by atoms with Crippen molar-refractivity contribution in [2.75, 3.05) is 0 Å². The fourth-order valence-corrected chi connectivity index (χ4v) is 4.75. The summed E-state index contributed by atoms with van der Waals surface area (Å²) >= 11 is 0. The van der Waals surface area contributed by atoms with Gasteiger partial charge in [-0.2, -0.15) is 0 Å². The van der Waals surface area contributed by atoms with Gasteiger partial charge in [-0.15, -0.1) is 0 Å². The molecule has 158 valence electrons. The molecule has 1 unspecified atom stereocenters. The van der Waals surface area contributed by atoms with Gasteiger partial charge in [-0.25, -0.2) is 0 Å². The van der Waals surface area contributed by atoms with Gasteiger partial charge in [-0.1, -0.05) is 44.1 Å². The summed E-state index contributed by atoms with van der Waals surface area (Å²) in [5, 5.41) is 29.6. The van der Waals surface area contributed by atoms with Crippen molar-refractivity contribution in [1.82, 2.24) is 0 Å². The third-order valence-electron chi connectivity index (χ3n) is 6.57. The first-order valence-electron chi connectivity index (χ1n) is 10.8. The van der Waals surface area contributed by atoms with Gasteiger partial charge < -0.3 is 15.3 Å². The van der Waals surface area contributed by atoms with Gasteiger partial charge in [-0.05, 0) is 50.4 Å². The smallest absolute Gasteiger partial charge is 0.303 e. The van der Waals surface area contributed by atoms with E-state index in [4.69, 9.17) is 5.11 Å². The van der Waals surface area contributed by atoms with E-state index in [-0.39, 0.29) is 42.0 Å². The maximum atomic E-state index is 12.2. The lowest BCUT2D eigenvalue weighted by molar-refractivity contribution is -0.137. The van der Waals surface area contributed by atoms with Crippen LogP contribution in [0.15, 0.2) is 24.3 Å². The highest BCUT2D eigenvalue weighted by Gasteiger charge is 2.42. The lowest BCUT2D eigenvalue weighted by Gasteiger charge is -2.45. The molecule has 5 heteroatoms. The monoisotopic (exact) mass is 392 g/mol. The van der Waals surface area contributed by atoms with Gasteiger partial charge in [0.2, 0.25) is 0 Å². The lowest BCUT2D eigenvalue weighted by atomic mass is 9.62. The van der Waals surface area contributed by atoms with Crippen LogP contribution in [0.2, 0.25) is 0 Å². The highest BCUT2D eigenvalue weighted by Crippen LogP contribution is 2.48. The van der Waals surface area contributed by atoms with Crippen LogP contribution < -0.4 is 0 Å². The molecule has 2 aliphatic carbocycles. The second-order valence-electron chi connectivity index (χ2n) is 8.56. The molecule has 0 bridgehead atoms. The van der Waals surface area contributed by atoms with Crippen molar-refractivity contribution in [3.05, 3.63) is 24.3 Å². The minimum absolute atomic E-state index is 0.0707. The number of unbranched alkanes of at least 4 members (excludes halogenated alkanes) is 1. The fourth-order valence-electron chi connectivity index (χ4n) is 4.75. The Kier molecular flexibility index (Phi) is 8.90. The number of Topliss-reactive ketones (excluding diaryl/α,β-unsaturated/α-hetero) is 1. The highest BCUT2D eigenvalue weighted by molar-refractivity contribution is 5.84. The first-order valence-corrected chi connectivity index (χ1v) is 10.8. The van der Waals surface area contributed by atoms with Crippen molar-refractivity contribution in [3.63, 3.8) is 0 Å². The summed E-state index contributed by atoms with van der Waals surface area (Å²) in [6.45, 7) is 2.16. The zero-order chi connectivity index (χ0) is 20.6. The van der Waals surface area contributed by atoms with E-state index in [0.717, 1.165) is 25.7 Å². The number of carboxylic acid groups (broad SMARTS) is 1. The van der Waals surface area contributed by atoms with Crippen LogP contribution >= 0.6 is 0 Å². The van der Waals surface area contributed by atoms with E-state index >= 15 is 0 Å². The van der Waals surface area contributed by atoms with Gasteiger partial charge in [-0.3, -0.25) is 9.59 Å². The molecule has 0 aromatic rings. The third kappa shape index (κ3) is 6.02. The van der Waals surface area contributed by atoms with Crippen LogP contribution in [-0.4, -0.2) is 39.3 Å². The molecule has 4 atom stereocenters. The average molecular weight is 393 g/mol. The molecule has 0 aliphatic heterocycles. The Balaban J connectivity index is 1.85. The third-order valence-corrected chi connectivity index (χ3v) is 6.57. The van der Waals surface area contributed by atoms with Crippen LogP contribution in [-0.2, 0) is 9.59 Å². The molecule has 0 aromatic heterocycles. The van der Waals surface area contributed by atoms with Crippen LogP contribution in [0.5, 0.6) is 0 Å². The first kappa shape index (κ1) is 22.8. The van der Waals surface area contributed by atoms with Gasteiger partial charge in [0.15, 0.2) is 0 Å². The fraction of sp³-hybridized carbons (Fsp3) is 0.739. The van der Waals surface area contributed by atoms with Crippen molar-refractivity contribution < 1.29 is 24.9 Å². The Morgan fingerprint density at radius 1 is 1.29 bits per heavy atom.